The van der Waals surface area contributed by atoms with E-state index in [2.05, 4.69) is 93.7 Å². The van der Waals surface area contributed by atoms with Crippen LogP contribution in [0.3, 0.4) is 0 Å². The third-order valence-corrected chi connectivity index (χ3v) is 12.4. The van der Waals surface area contributed by atoms with Crippen LogP contribution in [0.2, 0.25) is 0 Å². The van der Waals surface area contributed by atoms with Crippen molar-refractivity contribution in [2.24, 2.45) is 0 Å². The molecule has 6 heteroatoms. The molecule has 0 saturated heterocycles. The molecule has 0 aliphatic carbocycles. The first-order valence-electron chi connectivity index (χ1n) is 28.9. The van der Waals surface area contributed by atoms with Gasteiger partial charge in [0.2, 0.25) is 0 Å². The van der Waals surface area contributed by atoms with Crippen molar-refractivity contribution < 1.29 is 28.6 Å². The molecule has 0 radical (unpaired) electrons. The predicted octanol–water partition coefficient (Wildman–Crippen LogP) is 19.4. The fourth-order valence-corrected chi connectivity index (χ4v) is 8.11. The summed E-state index contributed by atoms with van der Waals surface area (Å²) in [5, 5.41) is 0. The molecule has 0 aliphatic rings. The summed E-state index contributed by atoms with van der Waals surface area (Å²) < 4.78 is 16.8. The van der Waals surface area contributed by atoms with Crippen LogP contribution < -0.4 is 0 Å². The summed E-state index contributed by atoms with van der Waals surface area (Å²) in [6.07, 6.45) is 72.0. The summed E-state index contributed by atoms with van der Waals surface area (Å²) in [5.74, 6) is -0.882. The first-order chi connectivity index (χ1) is 33.5. The number of carbonyl (C=O) groups is 3. The smallest absolute Gasteiger partial charge is 0.306 e. The van der Waals surface area contributed by atoms with Gasteiger partial charge in [0, 0.05) is 19.3 Å². The number of ether oxygens (including phenoxy) is 3. The van der Waals surface area contributed by atoms with Crippen molar-refractivity contribution >= 4 is 17.9 Å². The van der Waals surface area contributed by atoms with Gasteiger partial charge in [-0.2, -0.15) is 0 Å². The van der Waals surface area contributed by atoms with Crippen LogP contribution in [0, 0.1) is 0 Å². The SMILES string of the molecule is CC/C=C\C/C=C\C/C=C\C/C=C\C/C=C\CCCCCCCCCCCCCCCC(=O)OCC(COC(=O)CCCCCCCCCCC)OC(=O)CCCCCCC/C=C\CCCCC. The van der Waals surface area contributed by atoms with Crippen molar-refractivity contribution in [3.8, 4) is 0 Å². The van der Waals surface area contributed by atoms with Gasteiger partial charge in [0.25, 0.3) is 0 Å². The fraction of sp³-hybridized carbons (Fsp3) is 0.758. The fourth-order valence-electron chi connectivity index (χ4n) is 8.11. The average Bonchev–Trinajstić information content (AvgIpc) is 3.34. The number of hydrogen-bond acceptors (Lipinski definition) is 6. The van der Waals surface area contributed by atoms with Gasteiger partial charge in [0.1, 0.15) is 13.2 Å². The summed E-state index contributed by atoms with van der Waals surface area (Å²) >= 11 is 0. The normalized spacial score (nSPS) is 12.6. The zero-order chi connectivity index (χ0) is 49.3. The van der Waals surface area contributed by atoms with Crippen molar-refractivity contribution in [3.63, 3.8) is 0 Å². The number of unbranched alkanes of at least 4 members (excludes halogenated alkanes) is 29. The van der Waals surface area contributed by atoms with E-state index in [1.165, 1.54) is 141 Å². The molecule has 0 bridgehead atoms. The van der Waals surface area contributed by atoms with Crippen LogP contribution in [0.5, 0.6) is 0 Å². The van der Waals surface area contributed by atoms with Gasteiger partial charge in [-0.15, -0.1) is 0 Å². The highest BCUT2D eigenvalue weighted by Crippen LogP contribution is 2.16. The Morgan fingerprint density at radius 1 is 0.309 bits per heavy atom. The Labute approximate surface area is 421 Å². The van der Waals surface area contributed by atoms with Crippen LogP contribution in [-0.2, 0) is 28.6 Å². The molecule has 0 spiro atoms. The molecule has 0 rings (SSSR count). The van der Waals surface area contributed by atoms with Gasteiger partial charge in [-0.3, -0.25) is 14.4 Å². The standard InChI is InChI=1S/C62H108O6/c1-4-7-10-13-16-19-21-23-24-25-26-27-28-29-30-31-32-33-34-35-36-37-38-39-41-43-46-49-52-55-61(64)67-58-59(57-66-60(63)54-51-48-45-42-18-15-12-9-6-3)68-62(65)56-53-50-47-44-40-22-20-17-14-11-8-5-2/h7,10,16-17,19-20,23-24,26-27,29-30,59H,4-6,8-9,11-15,18,21-22,25,28,31-58H2,1-3H3/b10-7-,19-16-,20-17-,24-23-,27-26-,30-29-. The Kier molecular flexibility index (Phi) is 53.8. The zero-order valence-corrected chi connectivity index (χ0v) is 44.9. The Hall–Kier alpha value is -3.15. The second kappa shape index (κ2) is 56.4. The van der Waals surface area contributed by atoms with Crippen LogP contribution in [0.1, 0.15) is 284 Å². The molecular weight excluding hydrogens is 841 g/mol. The molecule has 68 heavy (non-hydrogen) atoms. The van der Waals surface area contributed by atoms with E-state index < -0.39 is 6.10 Å². The van der Waals surface area contributed by atoms with E-state index in [-0.39, 0.29) is 31.1 Å². The van der Waals surface area contributed by atoms with Crippen molar-refractivity contribution in [1.29, 1.82) is 0 Å². The van der Waals surface area contributed by atoms with Gasteiger partial charge in [-0.1, -0.05) is 248 Å². The molecular formula is C62H108O6. The number of allylic oxidation sites excluding steroid dienone is 12. The first kappa shape index (κ1) is 64.8. The Morgan fingerprint density at radius 3 is 0.941 bits per heavy atom. The number of hydrogen-bond donors (Lipinski definition) is 0. The van der Waals surface area contributed by atoms with E-state index >= 15 is 0 Å². The average molecular weight is 950 g/mol. The molecule has 392 valence electrons. The van der Waals surface area contributed by atoms with Gasteiger partial charge in [0.05, 0.1) is 0 Å². The summed E-state index contributed by atoms with van der Waals surface area (Å²) in [4.78, 5) is 38.0. The summed E-state index contributed by atoms with van der Waals surface area (Å²) in [6, 6.07) is 0. The number of esters is 3. The van der Waals surface area contributed by atoms with E-state index in [0.29, 0.717) is 19.3 Å². The monoisotopic (exact) mass is 949 g/mol. The molecule has 0 heterocycles. The minimum atomic E-state index is -0.775. The molecule has 0 aromatic carbocycles. The van der Waals surface area contributed by atoms with Crippen LogP contribution in [0.15, 0.2) is 72.9 Å². The molecule has 0 aromatic rings. The van der Waals surface area contributed by atoms with E-state index in [1.54, 1.807) is 0 Å². The quantitative estimate of drug-likeness (QED) is 0.0262. The molecule has 0 amide bonds. The summed E-state index contributed by atoms with van der Waals surface area (Å²) in [5.41, 5.74) is 0. The Balaban J connectivity index is 4.12. The molecule has 0 fully saturated rings. The van der Waals surface area contributed by atoms with Crippen molar-refractivity contribution in [1.82, 2.24) is 0 Å². The highest BCUT2D eigenvalue weighted by molar-refractivity contribution is 5.71. The molecule has 1 atom stereocenters. The maximum Gasteiger partial charge on any atom is 0.306 e. The molecule has 0 N–H and O–H groups in total. The highest BCUT2D eigenvalue weighted by atomic mass is 16.6. The lowest BCUT2D eigenvalue weighted by molar-refractivity contribution is -0.167. The molecule has 0 aromatic heterocycles. The van der Waals surface area contributed by atoms with Gasteiger partial charge < -0.3 is 14.2 Å². The van der Waals surface area contributed by atoms with E-state index in [1.807, 2.05) is 0 Å². The Bertz CT molecular complexity index is 1270. The van der Waals surface area contributed by atoms with Crippen molar-refractivity contribution in [2.75, 3.05) is 13.2 Å². The minimum Gasteiger partial charge on any atom is -0.462 e. The van der Waals surface area contributed by atoms with E-state index in [4.69, 9.17) is 14.2 Å². The third kappa shape index (κ3) is 53.8. The van der Waals surface area contributed by atoms with Crippen molar-refractivity contribution in [2.45, 2.75) is 290 Å². The number of carbonyl (C=O) groups excluding carboxylic acids is 3. The van der Waals surface area contributed by atoms with Gasteiger partial charge >= 0.3 is 17.9 Å². The second-order valence-corrected chi connectivity index (χ2v) is 19.2. The predicted molar refractivity (Wildman–Crippen MR) is 293 cm³/mol. The Morgan fingerprint density at radius 2 is 0.574 bits per heavy atom. The molecule has 0 saturated carbocycles. The van der Waals surface area contributed by atoms with Crippen LogP contribution in [-0.4, -0.2) is 37.2 Å². The number of rotatable bonds is 52. The topological polar surface area (TPSA) is 78.9 Å². The van der Waals surface area contributed by atoms with E-state index in [9.17, 15) is 14.4 Å². The van der Waals surface area contributed by atoms with Gasteiger partial charge in [-0.05, 0) is 89.9 Å². The van der Waals surface area contributed by atoms with E-state index in [0.717, 1.165) is 103 Å². The molecule has 6 nitrogen and oxygen atoms in total. The van der Waals surface area contributed by atoms with Crippen LogP contribution in [0.4, 0.5) is 0 Å². The van der Waals surface area contributed by atoms with Gasteiger partial charge in [-0.25, -0.2) is 0 Å². The first-order valence-corrected chi connectivity index (χ1v) is 28.9. The third-order valence-electron chi connectivity index (χ3n) is 12.4. The maximum absolute atomic E-state index is 12.8. The lowest BCUT2D eigenvalue weighted by Gasteiger charge is -2.18. The van der Waals surface area contributed by atoms with Crippen LogP contribution >= 0.6 is 0 Å². The van der Waals surface area contributed by atoms with Crippen LogP contribution in [0.25, 0.3) is 0 Å². The molecule has 0 aliphatic heterocycles. The second-order valence-electron chi connectivity index (χ2n) is 19.2. The zero-order valence-electron chi connectivity index (χ0n) is 44.9. The maximum atomic E-state index is 12.8. The lowest BCUT2D eigenvalue weighted by atomic mass is 10.0. The molecule has 1 unspecified atom stereocenters. The van der Waals surface area contributed by atoms with Crippen molar-refractivity contribution in [3.05, 3.63) is 72.9 Å². The summed E-state index contributed by atoms with van der Waals surface area (Å²) in [7, 11) is 0. The minimum absolute atomic E-state index is 0.0757. The highest BCUT2D eigenvalue weighted by Gasteiger charge is 2.19. The summed E-state index contributed by atoms with van der Waals surface area (Å²) in [6.45, 7) is 6.49. The largest absolute Gasteiger partial charge is 0.462 e. The van der Waals surface area contributed by atoms with Gasteiger partial charge in [0.15, 0.2) is 6.10 Å². The lowest BCUT2D eigenvalue weighted by Crippen LogP contribution is -2.30.